The molecule has 10 heteroatoms. The fraction of sp³-hybridized carbons (Fsp3) is 1.00. The summed E-state index contributed by atoms with van der Waals surface area (Å²) >= 11 is -0.592. The SMILES string of the molecule is CC.CC(OCC(O)CNCC1(C)CC(N)CC(C)(C)C1)C(F)(F)SOC(F)(F)C(C)(C)C(C)C. The Morgan fingerprint density at radius 3 is 2.11 bits per heavy atom. The van der Waals surface area contributed by atoms with Crippen LogP contribution in [0.2, 0.25) is 0 Å². The summed E-state index contributed by atoms with van der Waals surface area (Å²) in [6.07, 6.45) is -3.69. The minimum atomic E-state index is -3.76. The molecule has 212 valence electrons. The van der Waals surface area contributed by atoms with E-state index in [1.807, 2.05) is 13.8 Å². The van der Waals surface area contributed by atoms with Gasteiger partial charge in [0.15, 0.2) is 0 Å². The Kier molecular flexibility index (Phi) is 13.6. The van der Waals surface area contributed by atoms with Gasteiger partial charge < -0.3 is 20.9 Å². The van der Waals surface area contributed by atoms with Gasteiger partial charge in [0.05, 0.1) is 30.2 Å². The number of hydrogen-bond acceptors (Lipinski definition) is 6. The molecule has 5 nitrogen and oxygen atoms in total. The summed E-state index contributed by atoms with van der Waals surface area (Å²) < 4.78 is 66.6. The molecular weight excluding hydrogens is 484 g/mol. The van der Waals surface area contributed by atoms with E-state index in [1.54, 1.807) is 13.8 Å². The van der Waals surface area contributed by atoms with Crippen LogP contribution in [0, 0.1) is 22.2 Å². The molecule has 4 atom stereocenters. The quantitative estimate of drug-likeness (QED) is 0.186. The van der Waals surface area contributed by atoms with E-state index in [-0.39, 0.29) is 30.0 Å². The zero-order chi connectivity index (χ0) is 27.9. The third-order valence-corrected chi connectivity index (χ3v) is 7.72. The van der Waals surface area contributed by atoms with Crippen molar-refractivity contribution in [3.05, 3.63) is 0 Å². The smallest absolute Gasteiger partial charge is 0.371 e. The number of aliphatic hydroxyl groups excluding tert-OH is 1. The van der Waals surface area contributed by atoms with E-state index in [0.717, 1.165) is 26.2 Å². The molecule has 0 radical (unpaired) electrons. The second-order valence-corrected chi connectivity index (χ2v) is 12.6. The number of aliphatic hydroxyl groups is 1. The van der Waals surface area contributed by atoms with Crippen LogP contribution in [-0.2, 0) is 8.92 Å². The third-order valence-electron chi connectivity index (χ3n) is 6.87. The second kappa shape index (κ2) is 13.6. The Bertz CT molecular complexity index is 624. The lowest BCUT2D eigenvalue weighted by Gasteiger charge is -2.46. The number of hydrogen-bond donors (Lipinski definition) is 3. The largest absolute Gasteiger partial charge is 0.389 e. The Labute approximate surface area is 214 Å². The van der Waals surface area contributed by atoms with Gasteiger partial charge in [-0.25, -0.2) is 4.18 Å². The highest BCUT2D eigenvalue weighted by Crippen LogP contribution is 2.48. The van der Waals surface area contributed by atoms with Crippen LogP contribution in [0.25, 0.3) is 0 Å². The standard InChI is InChI=1S/C23H44F4N2O3S.C2H6/c1-15(2)20(6,7)23(26,27)32-33-22(24,25)16(3)31-12-18(30)11-29-14-21(8)10-17(28)9-19(4,5)13-21;1-2/h15-18,29-30H,9-14,28H2,1-8H3;1-2H3. The zero-order valence-corrected chi connectivity index (χ0v) is 24.1. The van der Waals surface area contributed by atoms with Gasteiger partial charge in [-0.15, -0.1) is 0 Å². The predicted octanol–water partition coefficient (Wildman–Crippen LogP) is 6.44. The monoisotopic (exact) mass is 534 g/mol. The van der Waals surface area contributed by atoms with Crippen molar-refractivity contribution in [3.8, 4) is 0 Å². The maximum Gasteiger partial charge on any atom is 0.371 e. The summed E-state index contributed by atoms with van der Waals surface area (Å²) in [5.41, 5.74) is 4.69. The third kappa shape index (κ3) is 11.0. The average molecular weight is 535 g/mol. The van der Waals surface area contributed by atoms with Crippen molar-refractivity contribution in [1.82, 2.24) is 5.32 Å². The van der Waals surface area contributed by atoms with Gasteiger partial charge in [0, 0.05) is 19.1 Å². The van der Waals surface area contributed by atoms with Crippen LogP contribution in [-0.4, -0.2) is 54.4 Å². The number of nitrogens with one attached hydrogen (secondary N) is 1. The van der Waals surface area contributed by atoms with Crippen LogP contribution in [0.15, 0.2) is 0 Å². The van der Waals surface area contributed by atoms with Crippen molar-refractivity contribution in [3.63, 3.8) is 0 Å². The van der Waals surface area contributed by atoms with Crippen LogP contribution in [0.3, 0.4) is 0 Å². The highest BCUT2D eigenvalue weighted by Gasteiger charge is 2.53. The van der Waals surface area contributed by atoms with Crippen molar-refractivity contribution in [2.45, 2.75) is 118 Å². The Balaban J connectivity index is 0.00000562. The number of halogens is 4. The average Bonchev–Trinajstić information content (AvgIpc) is 2.69. The Morgan fingerprint density at radius 1 is 1.09 bits per heavy atom. The minimum Gasteiger partial charge on any atom is -0.389 e. The first kappa shape index (κ1) is 34.9. The molecule has 1 fully saturated rings. The first-order valence-electron chi connectivity index (χ1n) is 12.6. The van der Waals surface area contributed by atoms with Gasteiger partial charge in [-0.05, 0) is 42.9 Å². The van der Waals surface area contributed by atoms with Gasteiger partial charge in [-0.1, -0.05) is 62.3 Å². The van der Waals surface area contributed by atoms with Crippen molar-refractivity contribution in [2.24, 2.45) is 27.9 Å². The summed E-state index contributed by atoms with van der Waals surface area (Å²) in [7, 11) is 0. The molecule has 0 aromatic rings. The van der Waals surface area contributed by atoms with E-state index in [4.69, 9.17) is 10.5 Å². The highest BCUT2D eigenvalue weighted by molar-refractivity contribution is 7.95. The van der Waals surface area contributed by atoms with E-state index in [0.29, 0.717) is 6.54 Å². The maximum atomic E-state index is 14.3. The number of rotatable bonds is 13. The molecule has 0 bridgehead atoms. The molecule has 1 rings (SSSR count). The summed E-state index contributed by atoms with van der Waals surface area (Å²) in [6.45, 7) is 17.7. The lowest BCUT2D eigenvalue weighted by Crippen LogP contribution is -2.47. The lowest BCUT2D eigenvalue weighted by atomic mass is 9.63. The van der Waals surface area contributed by atoms with Crippen molar-refractivity contribution in [2.75, 3.05) is 19.7 Å². The molecule has 1 aliphatic rings. The van der Waals surface area contributed by atoms with Crippen molar-refractivity contribution in [1.29, 1.82) is 0 Å². The van der Waals surface area contributed by atoms with Gasteiger partial charge in [0.1, 0.15) is 6.10 Å². The van der Waals surface area contributed by atoms with Crippen LogP contribution in [0.5, 0.6) is 0 Å². The molecule has 0 aliphatic heterocycles. The highest BCUT2D eigenvalue weighted by atomic mass is 32.2. The van der Waals surface area contributed by atoms with Crippen molar-refractivity contribution >= 4 is 12.0 Å². The molecule has 1 aliphatic carbocycles. The van der Waals surface area contributed by atoms with E-state index in [9.17, 15) is 22.7 Å². The Morgan fingerprint density at radius 2 is 1.63 bits per heavy atom. The van der Waals surface area contributed by atoms with Gasteiger partial charge in [0.25, 0.3) is 0 Å². The summed E-state index contributed by atoms with van der Waals surface area (Å²) in [5.74, 6) is -0.490. The number of alkyl halides is 4. The molecule has 0 spiro atoms. The molecule has 0 aromatic carbocycles. The molecular formula is C25H50F4N2O3S. The lowest BCUT2D eigenvalue weighted by molar-refractivity contribution is -0.256. The molecule has 0 amide bonds. The number of nitrogens with two attached hydrogens (primary N) is 1. The van der Waals surface area contributed by atoms with Gasteiger partial charge >= 0.3 is 11.4 Å². The first-order valence-corrected chi connectivity index (χ1v) is 13.4. The normalized spacial score (nSPS) is 25.1. The van der Waals surface area contributed by atoms with Crippen molar-refractivity contribution < 1.29 is 31.6 Å². The second-order valence-electron chi connectivity index (χ2n) is 11.7. The van der Waals surface area contributed by atoms with Crippen LogP contribution in [0.1, 0.15) is 88.5 Å². The van der Waals surface area contributed by atoms with Crippen LogP contribution >= 0.6 is 12.0 Å². The molecule has 0 saturated heterocycles. The number of ether oxygens (including phenoxy) is 1. The molecule has 35 heavy (non-hydrogen) atoms. The fourth-order valence-electron chi connectivity index (χ4n) is 4.42. The van der Waals surface area contributed by atoms with E-state index < -0.39 is 46.9 Å². The topological polar surface area (TPSA) is 76.7 Å². The van der Waals surface area contributed by atoms with Gasteiger partial charge in [0.2, 0.25) is 0 Å². The predicted molar refractivity (Wildman–Crippen MR) is 137 cm³/mol. The minimum absolute atomic E-state index is 0.0228. The van der Waals surface area contributed by atoms with Crippen LogP contribution < -0.4 is 11.1 Å². The van der Waals surface area contributed by atoms with E-state index in [1.165, 1.54) is 13.8 Å². The Hall–Kier alpha value is -0.130. The maximum absolute atomic E-state index is 14.3. The van der Waals surface area contributed by atoms with Gasteiger partial charge in [-0.2, -0.15) is 17.6 Å². The summed E-state index contributed by atoms with van der Waals surface area (Å²) in [5, 5.41) is 9.61. The summed E-state index contributed by atoms with van der Waals surface area (Å²) in [4.78, 5) is 0. The first-order chi connectivity index (χ1) is 15.7. The van der Waals surface area contributed by atoms with Crippen LogP contribution in [0.4, 0.5) is 17.6 Å². The van der Waals surface area contributed by atoms with Gasteiger partial charge in [-0.3, -0.25) is 0 Å². The molecule has 0 aromatic heterocycles. The zero-order valence-electron chi connectivity index (χ0n) is 23.3. The molecule has 4 N–H and O–H groups in total. The molecule has 0 heterocycles. The molecule has 4 unspecified atom stereocenters. The van der Waals surface area contributed by atoms with E-state index >= 15 is 0 Å². The summed E-state index contributed by atoms with van der Waals surface area (Å²) in [6, 6.07) is 0.120. The van der Waals surface area contributed by atoms with E-state index in [2.05, 4.69) is 30.3 Å². The molecule has 1 saturated carbocycles. The fourth-order valence-corrected chi connectivity index (χ4v) is 5.05.